The van der Waals surface area contributed by atoms with Gasteiger partial charge in [-0.1, -0.05) is 30.8 Å². The molecule has 130 valence electrons. The maximum Gasteiger partial charge on any atom is 0.253 e. The van der Waals surface area contributed by atoms with Crippen LogP contribution in [-0.4, -0.2) is 57.9 Å². The third kappa shape index (κ3) is 3.31. The lowest BCUT2D eigenvalue weighted by Gasteiger charge is -2.43. The predicted molar refractivity (Wildman–Crippen MR) is 91.8 cm³/mol. The molecule has 1 aliphatic rings. The molecule has 3 rings (SSSR count). The van der Waals surface area contributed by atoms with Crippen molar-refractivity contribution in [3.05, 3.63) is 48.4 Å². The van der Waals surface area contributed by atoms with Crippen LogP contribution in [0.2, 0.25) is 0 Å². The van der Waals surface area contributed by atoms with Gasteiger partial charge in [-0.25, -0.2) is 0 Å². The Balaban J connectivity index is 1.62. The van der Waals surface area contributed by atoms with Crippen LogP contribution in [0.5, 0.6) is 0 Å². The van der Waals surface area contributed by atoms with Crippen molar-refractivity contribution < 1.29 is 14.1 Å². The van der Waals surface area contributed by atoms with Crippen LogP contribution in [0.3, 0.4) is 0 Å². The Labute approximate surface area is 145 Å². The number of aromatic nitrogens is 2. The molecule has 2 amide bonds. The van der Waals surface area contributed by atoms with Crippen molar-refractivity contribution in [2.45, 2.75) is 19.4 Å². The molecule has 0 bridgehead atoms. The summed E-state index contributed by atoms with van der Waals surface area (Å²) in [5.41, 5.74) is 1.40. The number of aryl methyl sites for hydroxylation is 1. The highest BCUT2D eigenvalue weighted by atomic mass is 16.5. The molecule has 25 heavy (non-hydrogen) atoms. The highest BCUT2D eigenvalue weighted by molar-refractivity contribution is 5.95. The van der Waals surface area contributed by atoms with Crippen molar-refractivity contribution in [3.8, 4) is 11.4 Å². The van der Waals surface area contributed by atoms with Crippen LogP contribution >= 0.6 is 0 Å². The summed E-state index contributed by atoms with van der Waals surface area (Å²) in [4.78, 5) is 31.7. The van der Waals surface area contributed by atoms with Gasteiger partial charge in [-0.05, 0) is 18.2 Å². The lowest BCUT2D eigenvalue weighted by molar-refractivity contribution is -0.129. The van der Waals surface area contributed by atoms with Crippen LogP contribution in [-0.2, 0) is 11.2 Å². The first kappa shape index (κ1) is 16.9. The van der Waals surface area contributed by atoms with Gasteiger partial charge in [-0.15, -0.1) is 0 Å². The minimum atomic E-state index is -0.131. The molecule has 1 saturated heterocycles. The van der Waals surface area contributed by atoms with Crippen molar-refractivity contribution in [2.75, 3.05) is 20.1 Å². The second-order valence-electron chi connectivity index (χ2n) is 5.96. The average Bonchev–Trinajstić information content (AvgIpc) is 3.08. The van der Waals surface area contributed by atoms with Crippen molar-refractivity contribution in [1.82, 2.24) is 19.9 Å². The van der Waals surface area contributed by atoms with Gasteiger partial charge >= 0.3 is 0 Å². The summed E-state index contributed by atoms with van der Waals surface area (Å²) in [6.45, 7) is 6.48. The Morgan fingerprint density at radius 3 is 2.60 bits per heavy atom. The van der Waals surface area contributed by atoms with E-state index in [1.807, 2.05) is 19.1 Å². The van der Waals surface area contributed by atoms with Crippen molar-refractivity contribution in [3.63, 3.8) is 0 Å². The van der Waals surface area contributed by atoms with E-state index >= 15 is 0 Å². The van der Waals surface area contributed by atoms with Gasteiger partial charge in [0.15, 0.2) is 0 Å². The number of likely N-dealkylation sites (N-methyl/N-ethyl adjacent to an activating group) is 1. The molecule has 1 aromatic carbocycles. The van der Waals surface area contributed by atoms with E-state index in [-0.39, 0.29) is 17.9 Å². The number of likely N-dealkylation sites (tertiary alicyclic amines) is 1. The minimum Gasteiger partial charge on any atom is -0.339 e. The Morgan fingerprint density at radius 1 is 1.36 bits per heavy atom. The number of carbonyl (C=O) groups is 2. The fourth-order valence-electron chi connectivity index (χ4n) is 2.65. The van der Waals surface area contributed by atoms with Crippen LogP contribution in [0.15, 0.2) is 41.4 Å². The highest BCUT2D eigenvalue weighted by Crippen LogP contribution is 2.20. The van der Waals surface area contributed by atoms with E-state index in [0.717, 1.165) is 5.56 Å². The standard InChI is InChI=1S/C18H20N4O3/c1-4-15-19-17(20-25-15)12-6-8-13(9-7-12)18(24)22-10-14(11-22)21(3)16(23)5-2/h5-9,14H,2,4,10-11H2,1,3H3. The van der Waals surface area contributed by atoms with Gasteiger partial charge in [0.05, 0.1) is 6.04 Å². The maximum atomic E-state index is 12.5. The molecule has 2 aromatic rings. The molecule has 2 heterocycles. The normalized spacial score (nSPS) is 14.1. The van der Waals surface area contributed by atoms with E-state index in [9.17, 15) is 9.59 Å². The molecule has 7 heteroatoms. The summed E-state index contributed by atoms with van der Waals surface area (Å²) in [6, 6.07) is 7.17. The van der Waals surface area contributed by atoms with Crippen LogP contribution in [0.4, 0.5) is 0 Å². The third-order valence-electron chi connectivity index (χ3n) is 4.38. The molecule has 7 nitrogen and oxygen atoms in total. The molecule has 0 spiro atoms. The minimum absolute atomic E-state index is 0.0421. The third-order valence-corrected chi connectivity index (χ3v) is 4.38. The summed E-state index contributed by atoms with van der Waals surface area (Å²) in [7, 11) is 1.72. The molecular weight excluding hydrogens is 320 g/mol. The number of amides is 2. The summed E-state index contributed by atoms with van der Waals surface area (Å²) in [5, 5.41) is 3.92. The number of hydrogen-bond donors (Lipinski definition) is 0. The number of carbonyl (C=O) groups excluding carboxylic acids is 2. The van der Waals surface area contributed by atoms with Gasteiger partial charge in [0.2, 0.25) is 17.6 Å². The Hall–Kier alpha value is -2.96. The van der Waals surface area contributed by atoms with Gasteiger partial charge in [-0.2, -0.15) is 4.98 Å². The second kappa shape index (κ2) is 6.88. The fraction of sp³-hybridized carbons (Fsp3) is 0.333. The fourth-order valence-corrected chi connectivity index (χ4v) is 2.65. The van der Waals surface area contributed by atoms with Crippen LogP contribution in [0.1, 0.15) is 23.2 Å². The Bertz CT molecular complexity index is 791. The van der Waals surface area contributed by atoms with Gasteiger partial charge in [0.25, 0.3) is 5.91 Å². The lowest BCUT2D eigenvalue weighted by Crippen LogP contribution is -2.61. The van der Waals surface area contributed by atoms with Crippen molar-refractivity contribution >= 4 is 11.8 Å². The molecule has 0 atom stereocenters. The largest absolute Gasteiger partial charge is 0.339 e. The number of benzene rings is 1. The van der Waals surface area contributed by atoms with E-state index in [4.69, 9.17) is 4.52 Å². The molecular formula is C18H20N4O3. The van der Waals surface area contributed by atoms with Crippen LogP contribution in [0, 0.1) is 0 Å². The first-order valence-electron chi connectivity index (χ1n) is 8.15. The molecule has 1 aliphatic heterocycles. The zero-order valence-corrected chi connectivity index (χ0v) is 14.3. The molecule has 1 fully saturated rings. The van der Waals surface area contributed by atoms with E-state index < -0.39 is 0 Å². The Kier molecular flexibility index (Phi) is 4.65. The van der Waals surface area contributed by atoms with Gasteiger partial charge in [0, 0.05) is 37.7 Å². The molecule has 0 radical (unpaired) electrons. The van der Waals surface area contributed by atoms with E-state index in [1.54, 1.807) is 29.0 Å². The summed E-state index contributed by atoms with van der Waals surface area (Å²) in [6.07, 6.45) is 1.97. The SMILES string of the molecule is C=CC(=O)N(C)C1CN(C(=O)c2ccc(-c3noc(CC)n3)cc2)C1. The number of rotatable bonds is 5. The average molecular weight is 340 g/mol. The molecule has 0 N–H and O–H groups in total. The predicted octanol–water partition coefficient (Wildman–Crippen LogP) is 1.77. The summed E-state index contributed by atoms with van der Waals surface area (Å²) in [5.74, 6) is 0.919. The first-order chi connectivity index (χ1) is 12.0. The van der Waals surface area contributed by atoms with E-state index in [1.165, 1.54) is 6.08 Å². The van der Waals surface area contributed by atoms with Crippen LogP contribution < -0.4 is 0 Å². The second-order valence-corrected chi connectivity index (χ2v) is 5.96. The molecule has 0 aliphatic carbocycles. The first-order valence-corrected chi connectivity index (χ1v) is 8.15. The van der Waals surface area contributed by atoms with E-state index in [2.05, 4.69) is 16.7 Å². The van der Waals surface area contributed by atoms with E-state index in [0.29, 0.717) is 36.8 Å². The smallest absolute Gasteiger partial charge is 0.253 e. The Morgan fingerprint density at radius 2 is 2.04 bits per heavy atom. The maximum absolute atomic E-state index is 12.5. The zero-order valence-electron chi connectivity index (χ0n) is 14.3. The lowest BCUT2D eigenvalue weighted by atomic mass is 10.0. The topological polar surface area (TPSA) is 79.5 Å². The van der Waals surface area contributed by atoms with Gasteiger partial charge < -0.3 is 14.3 Å². The quantitative estimate of drug-likeness (QED) is 0.775. The monoisotopic (exact) mass is 340 g/mol. The van der Waals surface area contributed by atoms with Gasteiger partial charge in [0.1, 0.15) is 0 Å². The van der Waals surface area contributed by atoms with Gasteiger partial charge in [-0.3, -0.25) is 9.59 Å². The zero-order chi connectivity index (χ0) is 18.0. The molecule has 1 aromatic heterocycles. The van der Waals surface area contributed by atoms with Crippen molar-refractivity contribution in [2.24, 2.45) is 0 Å². The van der Waals surface area contributed by atoms with Crippen LogP contribution in [0.25, 0.3) is 11.4 Å². The molecule has 0 saturated carbocycles. The number of nitrogens with zero attached hydrogens (tertiary/aromatic N) is 4. The summed E-state index contributed by atoms with van der Waals surface area (Å²) >= 11 is 0. The summed E-state index contributed by atoms with van der Waals surface area (Å²) < 4.78 is 5.10. The number of hydrogen-bond acceptors (Lipinski definition) is 5. The van der Waals surface area contributed by atoms with Crippen molar-refractivity contribution in [1.29, 1.82) is 0 Å². The highest BCUT2D eigenvalue weighted by Gasteiger charge is 2.35. The molecule has 0 unspecified atom stereocenters.